The van der Waals surface area contributed by atoms with Crippen LogP contribution in [0.3, 0.4) is 0 Å². The van der Waals surface area contributed by atoms with E-state index in [9.17, 15) is 10.1 Å². The van der Waals surface area contributed by atoms with Crippen molar-refractivity contribution >= 4 is 43.2 Å². The van der Waals surface area contributed by atoms with E-state index in [1.54, 1.807) is 0 Å². The van der Waals surface area contributed by atoms with E-state index in [2.05, 4.69) is 31.9 Å². The lowest BCUT2D eigenvalue weighted by Gasteiger charge is -2.03. The molecule has 0 amide bonds. The molecule has 0 aliphatic heterocycles. The molecule has 6 heteroatoms. The van der Waals surface area contributed by atoms with Crippen molar-refractivity contribution in [3.05, 3.63) is 32.3 Å². The average molecular weight is 310 g/mol. The molecule has 0 spiro atoms. The minimum Gasteiger partial charge on any atom is -0.398 e. The molecule has 4 nitrogen and oxygen atoms in total. The Morgan fingerprint density at radius 2 is 2.15 bits per heavy atom. The zero-order valence-electron chi connectivity index (χ0n) is 6.46. The number of non-ortho nitro benzene ring substituents is 1. The van der Waals surface area contributed by atoms with Gasteiger partial charge in [0.2, 0.25) is 0 Å². The van der Waals surface area contributed by atoms with E-state index in [-0.39, 0.29) is 5.69 Å². The number of hydrogen-bond donors (Lipinski definition) is 1. The van der Waals surface area contributed by atoms with Crippen LogP contribution in [0.1, 0.15) is 5.56 Å². The lowest BCUT2D eigenvalue weighted by molar-refractivity contribution is -0.385. The normalized spacial score (nSPS) is 10.0. The van der Waals surface area contributed by atoms with Crippen molar-refractivity contribution in [2.24, 2.45) is 0 Å². The van der Waals surface area contributed by atoms with Crippen molar-refractivity contribution in [3.63, 3.8) is 0 Å². The molecular formula is C7H6Br2N2O2. The summed E-state index contributed by atoms with van der Waals surface area (Å²) in [5.74, 6) is 0. The quantitative estimate of drug-likeness (QED) is 0.395. The summed E-state index contributed by atoms with van der Waals surface area (Å²) in [6.07, 6.45) is 0. The van der Waals surface area contributed by atoms with E-state index in [1.807, 2.05) is 0 Å². The second-order valence-electron chi connectivity index (χ2n) is 2.39. The highest BCUT2D eigenvalue weighted by Gasteiger charge is 2.12. The first-order valence-corrected chi connectivity index (χ1v) is 5.26. The number of alkyl halides is 1. The summed E-state index contributed by atoms with van der Waals surface area (Å²) in [7, 11) is 0. The molecular weight excluding hydrogens is 304 g/mol. The van der Waals surface area contributed by atoms with Gasteiger partial charge >= 0.3 is 0 Å². The van der Waals surface area contributed by atoms with Crippen LogP contribution in [0.4, 0.5) is 11.4 Å². The first kappa shape index (κ1) is 10.5. The van der Waals surface area contributed by atoms with Crippen molar-refractivity contribution in [3.8, 4) is 0 Å². The summed E-state index contributed by atoms with van der Waals surface area (Å²) < 4.78 is 0.552. The molecule has 0 heterocycles. The molecule has 70 valence electrons. The number of nitro groups is 1. The third kappa shape index (κ3) is 2.19. The van der Waals surface area contributed by atoms with Crippen LogP contribution in [0.2, 0.25) is 0 Å². The third-order valence-electron chi connectivity index (χ3n) is 1.55. The van der Waals surface area contributed by atoms with E-state index in [0.717, 1.165) is 0 Å². The van der Waals surface area contributed by atoms with Crippen molar-refractivity contribution in [2.75, 3.05) is 5.73 Å². The number of hydrogen-bond acceptors (Lipinski definition) is 3. The Bertz CT molecular complexity index is 355. The maximum Gasteiger partial charge on any atom is 0.271 e. The fourth-order valence-electron chi connectivity index (χ4n) is 0.875. The second-order valence-corrected chi connectivity index (χ2v) is 3.81. The highest BCUT2D eigenvalue weighted by molar-refractivity contribution is 9.10. The zero-order valence-corrected chi connectivity index (χ0v) is 9.63. The summed E-state index contributed by atoms with van der Waals surface area (Å²) in [5, 5.41) is 11.0. The fourth-order valence-corrected chi connectivity index (χ4v) is 1.83. The maximum atomic E-state index is 10.5. The van der Waals surface area contributed by atoms with Crippen molar-refractivity contribution in [1.29, 1.82) is 0 Å². The van der Waals surface area contributed by atoms with Gasteiger partial charge in [-0.3, -0.25) is 10.1 Å². The third-order valence-corrected chi connectivity index (χ3v) is 2.81. The van der Waals surface area contributed by atoms with Crippen LogP contribution in [-0.2, 0) is 5.33 Å². The number of nitrogen functional groups attached to an aromatic ring is 1. The monoisotopic (exact) mass is 308 g/mol. The van der Waals surface area contributed by atoms with E-state index >= 15 is 0 Å². The number of nitrogens with two attached hydrogens (primary N) is 1. The molecule has 2 N–H and O–H groups in total. The topological polar surface area (TPSA) is 69.2 Å². The van der Waals surface area contributed by atoms with Gasteiger partial charge in [0.15, 0.2) is 0 Å². The molecule has 0 aromatic heterocycles. The summed E-state index contributed by atoms with van der Waals surface area (Å²) >= 11 is 6.36. The highest BCUT2D eigenvalue weighted by Crippen LogP contribution is 2.30. The molecule has 1 aromatic rings. The van der Waals surface area contributed by atoms with Crippen molar-refractivity contribution in [1.82, 2.24) is 0 Å². The Morgan fingerprint density at radius 1 is 1.54 bits per heavy atom. The summed E-state index contributed by atoms with van der Waals surface area (Å²) in [5.41, 5.74) is 6.94. The summed E-state index contributed by atoms with van der Waals surface area (Å²) in [6.45, 7) is 0. The number of nitrogens with zero attached hydrogens (tertiary/aromatic N) is 1. The second kappa shape index (κ2) is 4.06. The van der Waals surface area contributed by atoms with Crippen LogP contribution in [-0.4, -0.2) is 4.92 Å². The van der Waals surface area contributed by atoms with E-state index in [4.69, 9.17) is 5.73 Å². The molecule has 0 saturated carbocycles. The lowest BCUT2D eigenvalue weighted by Crippen LogP contribution is -1.96. The summed E-state index contributed by atoms with van der Waals surface area (Å²) in [6, 6.07) is 2.84. The minimum absolute atomic E-state index is 0.0375. The van der Waals surface area contributed by atoms with E-state index in [0.29, 0.717) is 21.1 Å². The molecule has 0 fully saturated rings. The SMILES string of the molecule is Nc1c(Br)cc([N+](=O)[O-])cc1CBr. The Morgan fingerprint density at radius 3 is 2.62 bits per heavy atom. The van der Waals surface area contributed by atoms with Gasteiger partial charge in [-0.15, -0.1) is 0 Å². The van der Waals surface area contributed by atoms with E-state index < -0.39 is 4.92 Å². The molecule has 0 saturated heterocycles. The molecule has 0 radical (unpaired) electrons. The zero-order chi connectivity index (χ0) is 10.0. The molecule has 0 bridgehead atoms. The van der Waals surface area contributed by atoms with Gasteiger partial charge in [-0.2, -0.15) is 0 Å². The van der Waals surface area contributed by atoms with Crippen molar-refractivity contribution < 1.29 is 4.92 Å². The molecule has 1 aromatic carbocycles. The van der Waals surface area contributed by atoms with Gasteiger partial charge in [-0.05, 0) is 21.5 Å². The number of halogens is 2. The van der Waals surface area contributed by atoms with Crippen LogP contribution >= 0.6 is 31.9 Å². The highest BCUT2D eigenvalue weighted by atomic mass is 79.9. The molecule has 0 aliphatic rings. The Kier molecular flexibility index (Phi) is 3.27. The molecule has 0 unspecified atom stereocenters. The minimum atomic E-state index is -0.448. The Labute approximate surface area is 91.5 Å². The van der Waals surface area contributed by atoms with Gasteiger partial charge in [0, 0.05) is 21.9 Å². The van der Waals surface area contributed by atoms with Crippen molar-refractivity contribution in [2.45, 2.75) is 5.33 Å². The smallest absolute Gasteiger partial charge is 0.271 e. The number of nitro benzene ring substituents is 1. The molecule has 13 heavy (non-hydrogen) atoms. The van der Waals surface area contributed by atoms with Gasteiger partial charge in [0.05, 0.1) is 10.6 Å². The van der Waals surface area contributed by atoms with Gasteiger partial charge in [0.25, 0.3) is 5.69 Å². The first-order chi connectivity index (χ1) is 6.06. The van der Waals surface area contributed by atoms with Gasteiger partial charge in [0.1, 0.15) is 0 Å². The van der Waals surface area contributed by atoms with Crippen LogP contribution < -0.4 is 5.73 Å². The average Bonchev–Trinajstić information content (AvgIpc) is 2.09. The Balaban J connectivity index is 3.30. The van der Waals surface area contributed by atoms with Gasteiger partial charge < -0.3 is 5.73 Å². The maximum absolute atomic E-state index is 10.5. The van der Waals surface area contributed by atoms with Gasteiger partial charge in [-0.25, -0.2) is 0 Å². The molecule has 0 aliphatic carbocycles. The standard InChI is InChI=1S/C7H6Br2N2O2/c8-3-4-1-5(11(12)13)2-6(9)7(4)10/h1-2H,3,10H2. The lowest BCUT2D eigenvalue weighted by atomic mass is 10.2. The largest absolute Gasteiger partial charge is 0.398 e. The van der Waals surface area contributed by atoms with Crippen LogP contribution in [0.5, 0.6) is 0 Å². The molecule has 1 rings (SSSR count). The predicted molar refractivity (Wildman–Crippen MR) is 57.8 cm³/mol. The van der Waals surface area contributed by atoms with Crippen LogP contribution in [0.25, 0.3) is 0 Å². The van der Waals surface area contributed by atoms with Gasteiger partial charge in [-0.1, -0.05) is 15.9 Å². The van der Waals surface area contributed by atoms with E-state index in [1.165, 1.54) is 12.1 Å². The number of benzene rings is 1. The number of rotatable bonds is 2. The molecule has 0 atom stereocenters. The predicted octanol–water partition coefficient (Wildman–Crippen LogP) is 2.83. The summed E-state index contributed by atoms with van der Waals surface area (Å²) in [4.78, 5) is 10.0. The van der Waals surface area contributed by atoms with Crippen LogP contribution in [0, 0.1) is 10.1 Å². The Hall–Kier alpha value is -0.620. The first-order valence-electron chi connectivity index (χ1n) is 3.34. The van der Waals surface area contributed by atoms with Crippen LogP contribution in [0.15, 0.2) is 16.6 Å². The fraction of sp³-hybridized carbons (Fsp3) is 0.143. The number of anilines is 1.